The maximum absolute atomic E-state index is 12.4. The minimum Gasteiger partial charge on any atom is -0.494 e. The third kappa shape index (κ3) is 2.57. The van der Waals surface area contributed by atoms with Gasteiger partial charge in [-0.05, 0) is 31.2 Å². The van der Waals surface area contributed by atoms with E-state index in [1.165, 1.54) is 0 Å². The van der Waals surface area contributed by atoms with Crippen LogP contribution in [0.1, 0.15) is 6.92 Å². The Hall–Kier alpha value is -2.34. The second-order valence-electron chi connectivity index (χ2n) is 5.29. The molecule has 22 heavy (non-hydrogen) atoms. The first kappa shape index (κ1) is 14.6. The average molecular weight is 303 g/mol. The molecule has 6 heteroatoms. The van der Waals surface area contributed by atoms with Crippen LogP contribution in [0.2, 0.25) is 0 Å². The summed E-state index contributed by atoms with van der Waals surface area (Å²) in [7, 11) is 0. The topological polar surface area (TPSA) is 84.9 Å². The van der Waals surface area contributed by atoms with Gasteiger partial charge in [0.2, 0.25) is 5.91 Å². The second kappa shape index (κ2) is 5.81. The molecule has 0 unspecified atom stereocenters. The largest absolute Gasteiger partial charge is 0.494 e. The first-order chi connectivity index (χ1) is 10.6. The van der Waals surface area contributed by atoms with E-state index in [4.69, 9.17) is 9.47 Å². The number of carboxylic acids is 1. The molecule has 116 valence electrons. The summed E-state index contributed by atoms with van der Waals surface area (Å²) in [4.78, 5) is 23.8. The minimum atomic E-state index is -1.01. The molecule has 0 spiro atoms. The van der Waals surface area contributed by atoms with Gasteiger partial charge in [-0.3, -0.25) is 9.59 Å². The third-order valence-corrected chi connectivity index (χ3v) is 3.92. The van der Waals surface area contributed by atoms with Crippen LogP contribution < -0.4 is 10.1 Å². The molecule has 2 heterocycles. The lowest BCUT2D eigenvalue weighted by atomic mass is 9.82. The number of carbonyl (C=O) groups is 2. The fraction of sp³-hybridized carbons (Fsp3) is 0.375. The molecule has 2 aliphatic heterocycles. The molecule has 3 rings (SSSR count). The van der Waals surface area contributed by atoms with Crippen LogP contribution in [0.3, 0.4) is 0 Å². The van der Waals surface area contributed by atoms with E-state index in [9.17, 15) is 14.7 Å². The Bertz CT molecular complexity index is 609. The Morgan fingerprint density at radius 3 is 2.41 bits per heavy atom. The predicted molar refractivity (Wildman–Crippen MR) is 78.7 cm³/mol. The number of aliphatic carboxylic acids is 1. The van der Waals surface area contributed by atoms with E-state index < -0.39 is 30.0 Å². The fourth-order valence-corrected chi connectivity index (χ4v) is 2.94. The zero-order valence-electron chi connectivity index (χ0n) is 12.1. The van der Waals surface area contributed by atoms with Gasteiger partial charge in [0.1, 0.15) is 11.7 Å². The summed E-state index contributed by atoms with van der Waals surface area (Å²) >= 11 is 0. The molecule has 0 radical (unpaired) electrons. The van der Waals surface area contributed by atoms with E-state index >= 15 is 0 Å². The van der Waals surface area contributed by atoms with E-state index in [-0.39, 0.29) is 5.91 Å². The van der Waals surface area contributed by atoms with Gasteiger partial charge in [-0.25, -0.2) is 0 Å². The highest BCUT2D eigenvalue weighted by atomic mass is 16.5. The SMILES string of the molecule is CCOc1ccc(NC(=O)[C@H]2[C@@H](C(=O)O)[C@H]3C=C[C@H]2O3)cc1. The molecular formula is C16H17NO5. The normalized spacial score (nSPS) is 28.6. The van der Waals surface area contributed by atoms with Crippen LogP contribution in [0, 0.1) is 11.8 Å². The number of benzene rings is 1. The molecular weight excluding hydrogens is 286 g/mol. The number of rotatable bonds is 5. The highest BCUT2D eigenvalue weighted by Gasteiger charge is 2.53. The van der Waals surface area contributed by atoms with Gasteiger partial charge >= 0.3 is 5.97 Å². The smallest absolute Gasteiger partial charge is 0.310 e. The predicted octanol–water partition coefficient (Wildman–Crippen LogP) is 1.68. The lowest BCUT2D eigenvalue weighted by molar-refractivity contribution is -0.145. The Balaban J connectivity index is 1.71. The number of amides is 1. The molecule has 1 amide bonds. The van der Waals surface area contributed by atoms with E-state index in [1.54, 1.807) is 36.4 Å². The van der Waals surface area contributed by atoms with E-state index in [1.807, 2.05) is 6.92 Å². The number of nitrogens with one attached hydrogen (secondary N) is 1. The third-order valence-electron chi connectivity index (χ3n) is 3.92. The number of carbonyl (C=O) groups excluding carboxylic acids is 1. The van der Waals surface area contributed by atoms with Crippen molar-refractivity contribution < 1.29 is 24.2 Å². The van der Waals surface area contributed by atoms with Crippen LogP contribution >= 0.6 is 0 Å². The molecule has 1 fully saturated rings. The Kier molecular flexibility index (Phi) is 3.85. The molecule has 0 aromatic heterocycles. The summed E-state index contributed by atoms with van der Waals surface area (Å²) in [6.45, 7) is 2.46. The molecule has 2 N–H and O–H groups in total. The minimum absolute atomic E-state index is 0.339. The molecule has 1 saturated heterocycles. The van der Waals surface area contributed by atoms with Crippen LogP contribution in [0.15, 0.2) is 36.4 Å². The van der Waals surface area contributed by atoms with Crippen molar-refractivity contribution in [3.05, 3.63) is 36.4 Å². The van der Waals surface area contributed by atoms with Gasteiger partial charge in [-0.2, -0.15) is 0 Å². The highest BCUT2D eigenvalue weighted by Crippen LogP contribution is 2.39. The summed E-state index contributed by atoms with van der Waals surface area (Å²) in [5, 5.41) is 12.1. The van der Waals surface area contributed by atoms with Crippen molar-refractivity contribution in [2.75, 3.05) is 11.9 Å². The Morgan fingerprint density at radius 2 is 1.82 bits per heavy atom. The lowest BCUT2D eigenvalue weighted by Crippen LogP contribution is -2.39. The molecule has 0 saturated carbocycles. The molecule has 1 aromatic carbocycles. The number of hydrogen-bond donors (Lipinski definition) is 2. The summed E-state index contributed by atoms with van der Waals surface area (Å²) in [5.74, 6) is -2.18. The molecule has 2 aliphatic rings. The standard InChI is InChI=1S/C16H17NO5/c1-2-21-10-5-3-9(4-6-10)17-15(18)13-11-7-8-12(22-11)14(13)16(19)20/h3-8,11-14H,2H2,1H3,(H,17,18)(H,19,20)/t11-,12-,13-,14+/m1/s1. The van der Waals surface area contributed by atoms with Crippen LogP contribution in [0.25, 0.3) is 0 Å². The summed E-state index contributed by atoms with van der Waals surface area (Å²) in [6, 6.07) is 6.96. The monoisotopic (exact) mass is 303 g/mol. The number of fused-ring (bicyclic) bond motifs is 2. The zero-order valence-corrected chi connectivity index (χ0v) is 12.1. The van der Waals surface area contributed by atoms with Crippen molar-refractivity contribution in [1.29, 1.82) is 0 Å². The molecule has 2 bridgehead atoms. The van der Waals surface area contributed by atoms with Crippen molar-refractivity contribution >= 4 is 17.6 Å². The number of carboxylic acid groups (broad SMARTS) is 1. The van der Waals surface area contributed by atoms with Gasteiger partial charge in [-0.15, -0.1) is 0 Å². The van der Waals surface area contributed by atoms with E-state index in [0.29, 0.717) is 12.3 Å². The molecule has 4 atom stereocenters. The van der Waals surface area contributed by atoms with Crippen LogP contribution in [-0.4, -0.2) is 35.8 Å². The van der Waals surface area contributed by atoms with Crippen molar-refractivity contribution in [2.24, 2.45) is 11.8 Å². The number of anilines is 1. The molecule has 6 nitrogen and oxygen atoms in total. The highest BCUT2D eigenvalue weighted by molar-refractivity contribution is 5.96. The number of ether oxygens (including phenoxy) is 2. The maximum Gasteiger partial charge on any atom is 0.310 e. The Morgan fingerprint density at radius 1 is 1.18 bits per heavy atom. The Labute approximate surface area is 127 Å². The average Bonchev–Trinajstić information content (AvgIpc) is 3.10. The van der Waals surface area contributed by atoms with E-state index in [2.05, 4.69) is 5.32 Å². The number of hydrogen-bond acceptors (Lipinski definition) is 4. The fourth-order valence-electron chi connectivity index (χ4n) is 2.94. The van der Waals surface area contributed by atoms with Crippen molar-refractivity contribution in [3.63, 3.8) is 0 Å². The summed E-state index contributed by atoms with van der Waals surface area (Å²) in [5.41, 5.74) is 0.601. The maximum atomic E-state index is 12.4. The second-order valence-corrected chi connectivity index (χ2v) is 5.29. The van der Waals surface area contributed by atoms with Gasteiger partial charge in [0, 0.05) is 5.69 Å². The van der Waals surface area contributed by atoms with Gasteiger partial charge in [0.05, 0.1) is 24.7 Å². The molecule has 0 aliphatic carbocycles. The summed E-state index contributed by atoms with van der Waals surface area (Å²) in [6.07, 6.45) is 2.49. The van der Waals surface area contributed by atoms with Crippen molar-refractivity contribution in [1.82, 2.24) is 0 Å². The van der Waals surface area contributed by atoms with Gasteiger partial charge in [0.25, 0.3) is 0 Å². The molecule has 1 aromatic rings. The van der Waals surface area contributed by atoms with Crippen molar-refractivity contribution in [2.45, 2.75) is 19.1 Å². The van der Waals surface area contributed by atoms with Gasteiger partial charge in [0.15, 0.2) is 0 Å². The van der Waals surface area contributed by atoms with E-state index in [0.717, 1.165) is 5.75 Å². The van der Waals surface area contributed by atoms with Crippen molar-refractivity contribution in [3.8, 4) is 5.75 Å². The lowest BCUT2D eigenvalue weighted by Gasteiger charge is -2.21. The first-order valence-corrected chi connectivity index (χ1v) is 7.20. The van der Waals surface area contributed by atoms with Gasteiger partial charge in [-0.1, -0.05) is 12.2 Å². The summed E-state index contributed by atoms with van der Waals surface area (Å²) < 4.78 is 10.8. The van der Waals surface area contributed by atoms with Crippen LogP contribution in [0.5, 0.6) is 5.75 Å². The van der Waals surface area contributed by atoms with Crippen LogP contribution in [0.4, 0.5) is 5.69 Å². The first-order valence-electron chi connectivity index (χ1n) is 7.20. The van der Waals surface area contributed by atoms with Gasteiger partial charge < -0.3 is 19.9 Å². The zero-order chi connectivity index (χ0) is 15.7. The quantitative estimate of drug-likeness (QED) is 0.808. The van der Waals surface area contributed by atoms with Crippen LogP contribution in [-0.2, 0) is 14.3 Å².